The normalized spacial score (nSPS) is 24.9. The third-order valence-corrected chi connectivity index (χ3v) is 5.55. The Labute approximate surface area is 118 Å². The van der Waals surface area contributed by atoms with Gasteiger partial charge in [0.05, 0.1) is 19.8 Å². The van der Waals surface area contributed by atoms with Crippen LogP contribution in [0.25, 0.3) is 0 Å². The molecular formula is C12H23F2O5P. The van der Waals surface area contributed by atoms with E-state index in [-0.39, 0.29) is 32.3 Å². The zero-order valence-corrected chi connectivity index (χ0v) is 12.8. The van der Waals surface area contributed by atoms with Crippen molar-refractivity contribution in [3.05, 3.63) is 0 Å². The molecule has 1 aliphatic heterocycles. The van der Waals surface area contributed by atoms with Crippen molar-refractivity contribution in [1.29, 1.82) is 0 Å². The first-order valence-electron chi connectivity index (χ1n) is 6.85. The highest BCUT2D eigenvalue weighted by atomic mass is 31.2. The van der Waals surface area contributed by atoms with Gasteiger partial charge in [-0.15, -0.1) is 0 Å². The van der Waals surface area contributed by atoms with Crippen LogP contribution in [-0.4, -0.2) is 43.8 Å². The zero-order chi connectivity index (χ0) is 15.2. The van der Waals surface area contributed by atoms with Crippen LogP contribution in [0.3, 0.4) is 0 Å². The maximum absolute atomic E-state index is 14.3. The molecule has 0 bridgehead atoms. The van der Waals surface area contributed by atoms with Crippen molar-refractivity contribution in [3.8, 4) is 0 Å². The van der Waals surface area contributed by atoms with Crippen molar-refractivity contribution in [2.45, 2.75) is 32.4 Å². The van der Waals surface area contributed by atoms with E-state index in [4.69, 9.17) is 13.8 Å². The second-order valence-electron chi connectivity index (χ2n) is 4.77. The van der Waals surface area contributed by atoms with Crippen LogP contribution >= 0.6 is 7.60 Å². The van der Waals surface area contributed by atoms with Gasteiger partial charge in [0.1, 0.15) is 0 Å². The molecule has 0 aliphatic carbocycles. The smallest absolute Gasteiger partial charge is 0.396 e. The van der Waals surface area contributed by atoms with Crippen molar-refractivity contribution in [1.82, 2.24) is 0 Å². The van der Waals surface area contributed by atoms with Gasteiger partial charge in [0, 0.05) is 25.6 Å². The summed E-state index contributed by atoms with van der Waals surface area (Å²) in [6.45, 7) is 3.15. The summed E-state index contributed by atoms with van der Waals surface area (Å²) in [5, 5.41) is 9.21. The van der Waals surface area contributed by atoms with Crippen molar-refractivity contribution in [2.24, 2.45) is 11.8 Å². The first kappa shape index (κ1) is 18.0. The number of hydrogen-bond acceptors (Lipinski definition) is 5. The summed E-state index contributed by atoms with van der Waals surface area (Å²) >= 11 is 0. The Hall–Kier alpha value is -0.0700. The molecule has 0 aromatic carbocycles. The molecule has 8 heteroatoms. The SMILES string of the molecule is CCOP(=O)(OCC)C(F)(F)C[C@H]1CCOC[C@@H]1CO. The van der Waals surface area contributed by atoms with Crippen molar-refractivity contribution in [2.75, 3.05) is 33.0 Å². The van der Waals surface area contributed by atoms with Crippen LogP contribution in [0.4, 0.5) is 8.78 Å². The summed E-state index contributed by atoms with van der Waals surface area (Å²) in [7, 11) is -4.48. The maximum atomic E-state index is 14.3. The number of aliphatic hydroxyl groups is 1. The molecule has 120 valence electrons. The highest BCUT2D eigenvalue weighted by molar-refractivity contribution is 7.55. The summed E-state index contributed by atoms with van der Waals surface area (Å²) in [4.78, 5) is 0. The average molecular weight is 316 g/mol. The van der Waals surface area contributed by atoms with Crippen molar-refractivity contribution < 1.29 is 32.2 Å². The number of alkyl halides is 2. The molecule has 0 radical (unpaired) electrons. The van der Waals surface area contributed by atoms with E-state index in [1.54, 1.807) is 0 Å². The number of ether oxygens (including phenoxy) is 1. The van der Waals surface area contributed by atoms with E-state index >= 15 is 0 Å². The molecule has 20 heavy (non-hydrogen) atoms. The Morgan fingerprint density at radius 3 is 2.40 bits per heavy atom. The molecule has 1 saturated heterocycles. The summed E-state index contributed by atoms with van der Waals surface area (Å²) in [6, 6.07) is 0. The first-order chi connectivity index (χ1) is 9.40. The van der Waals surface area contributed by atoms with Crippen LogP contribution in [0.5, 0.6) is 0 Å². The quantitative estimate of drug-likeness (QED) is 0.698. The fourth-order valence-corrected chi connectivity index (χ4v) is 3.90. The molecule has 1 rings (SSSR count). The molecule has 5 nitrogen and oxygen atoms in total. The molecule has 1 heterocycles. The Bertz CT molecular complexity index is 330. The number of rotatable bonds is 8. The third kappa shape index (κ3) is 4.21. The fourth-order valence-electron chi connectivity index (χ4n) is 2.31. The highest BCUT2D eigenvalue weighted by Gasteiger charge is 2.54. The van der Waals surface area contributed by atoms with Gasteiger partial charge in [-0.1, -0.05) is 0 Å². The molecule has 0 unspecified atom stereocenters. The lowest BCUT2D eigenvalue weighted by atomic mass is 9.86. The number of hydrogen-bond donors (Lipinski definition) is 1. The highest BCUT2D eigenvalue weighted by Crippen LogP contribution is 2.64. The van der Waals surface area contributed by atoms with E-state index in [1.165, 1.54) is 13.8 Å². The molecule has 2 atom stereocenters. The third-order valence-electron chi connectivity index (χ3n) is 3.37. The molecule has 0 aromatic rings. The monoisotopic (exact) mass is 316 g/mol. The second-order valence-corrected chi connectivity index (χ2v) is 6.93. The van der Waals surface area contributed by atoms with E-state index in [0.29, 0.717) is 13.0 Å². The lowest BCUT2D eigenvalue weighted by molar-refractivity contribution is -0.0477. The molecule has 0 spiro atoms. The second kappa shape index (κ2) is 7.80. The average Bonchev–Trinajstić information content (AvgIpc) is 2.39. The Morgan fingerprint density at radius 2 is 1.90 bits per heavy atom. The topological polar surface area (TPSA) is 65.0 Å². The lowest BCUT2D eigenvalue weighted by Crippen LogP contribution is -2.35. The zero-order valence-electron chi connectivity index (χ0n) is 11.9. The van der Waals surface area contributed by atoms with Crippen LogP contribution in [0.1, 0.15) is 26.7 Å². The molecule has 0 aromatic heterocycles. The van der Waals surface area contributed by atoms with Crippen molar-refractivity contribution >= 4 is 7.60 Å². The van der Waals surface area contributed by atoms with E-state index in [2.05, 4.69) is 0 Å². The molecule has 0 saturated carbocycles. The van der Waals surface area contributed by atoms with Gasteiger partial charge < -0.3 is 18.9 Å². The minimum Gasteiger partial charge on any atom is -0.396 e. The maximum Gasteiger partial charge on any atom is 0.399 e. The molecule has 1 fully saturated rings. The van der Waals surface area contributed by atoms with Crippen LogP contribution in [0.2, 0.25) is 0 Å². The Morgan fingerprint density at radius 1 is 1.30 bits per heavy atom. The van der Waals surface area contributed by atoms with Gasteiger partial charge in [0.2, 0.25) is 0 Å². The van der Waals surface area contributed by atoms with Crippen LogP contribution < -0.4 is 0 Å². The van der Waals surface area contributed by atoms with E-state index in [9.17, 15) is 18.5 Å². The number of halogens is 2. The predicted molar refractivity (Wildman–Crippen MR) is 69.9 cm³/mol. The Balaban J connectivity index is 2.81. The minimum absolute atomic E-state index is 0.107. The van der Waals surface area contributed by atoms with E-state index in [0.717, 1.165) is 0 Å². The van der Waals surface area contributed by atoms with Crippen LogP contribution in [0, 0.1) is 11.8 Å². The van der Waals surface area contributed by atoms with Gasteiger partial charge in [0.25, 0.3) is 0 Å². The summed E-state index contributed by atoms with van der Waals surface area (Å²) < 4.78 is 55.5. The van der Waals surface area contributed by atoms with Gasteiger partial charge in [0.15, 0.2) is 0 Å². The van der Waals surface area contributed by atoms with Crippen LogP contribution in [-0.2, 0) is 18.3 Å². The largest absolute Gasteiger partial charge is 0.399 e. The predicted octanol–water partition coefficient (Wildman–Crippen LogP) is 2.88. The fraction of sp³-hybridized carbons (Fsp3) is 1.00. The Kier molecular flexibility index (Phi) is 7.01. The first-order valence-corrected chi connectivity index (χ1v) is 8.40. The van der Waals surface area contributed by atoms with Crippen molar-refractivity contribution in [3.63, 3.8) is 0 Å². The number of aliphatic hydroxyl groups excluding tert-OH is 1. The van der Waals surface area contributed by atoms with Gasteiger partial charge in [-0.2, -0.15) is 8.78 Å². The van der Waals surface area contributed by atoms with Gasteiger partial charge in [-0.25, -0.2) is 0 Å². The molecular weight excluding hydrogens is 293 g/mol. The van der Waals surface area contributed by atoms with Crippen LogP contribution in [0.15, 0.2) is 0 Å². The molecule has 0 amide bonds. The standard InChI is InChI=1S/C12H23F2O5P/c1-3-18-20(16,19-4-2)12(13,14)7-10-5-6-17-9-11(10)8-15/h10-11,15H,3-9H2,1-2H3/t10-,11+/m1/s1. The van der Waals surface area contributed by atoms with Gasteiger partial charge >= 0.3 is 13.3 Å². The van der Waals surface area contributed by atoms with E-state index in [1.807, 2.05) is 0 Å². The van der Waals surface area contributed by atoms with Gasteiger partial charge in [-0.05, 0) is 26.2 Å². The summed E-state index contributed by atoms with van der Waals surface area (Å²) in [6.07, 6.45) is -0.224. The molecule has 1 aliphatic rings. The minimum atomic E-state index is -4.48. The van der Waals surface area contributed by atoms with Gasteiger partial charge in [-0.3, -0.25) is 4.57 Å². The molecule has 1 N–H and O–H groups in total. The lowest BCUT2D eigenvalue weighted by Gasteiger charge is -2.34. The summed E-state index contributed by atoms with van der Waals surface area (Å²) in [5.74, 6) is -0.829. The van der Waals surface area contributed by atoms with E-state index < -0.39 is 25.6 Å². The summed E-state index contributed by atoms with van der Waals surface area (Å²) in [5.41, 5.74) is -3.56.